The number of benzene rings is 1. The Hall–Kier alpha value is -1.56. The maximum absolute atomic E-state index is 12.5. The van der Waals surface area contributed by atoms with Crippen molar-refractivity contribution in [2.75, 3.05) is 0 Å². The van der Waals surface area contributed by atoms with Crippen LogP contribution in [0.2, 0.25) is 0 Å². The molecule has 2 aromatic rings. The summed E-state index contributed by atoms with van der Waals surface area (Å²) < 4.78 is 43.6. The minimum atomic E-state index is -4.36. The maximum atomic E-state index is 12.5. The van der Waals surface area contributed by atoms with E-state index >= 15 is 0 Å². The lowest BCUT2D eigenvalue weighted by Gasteiger charge is -2.10. The average Bonchev–Trinajstić information content (AvgIpc) is 2.36. The quantitative estimate of drug-likeness (QED) is 0.829. The minimum absolute atomic E-state index is 0.160. The van der Waals surface area contributed by atoms with Gasteiger partial charge in [-0.3, -0.25) is 4.98 Å². The Kier molecular flexibility index (Phi) is 4.09. The first-order valence-corrected chi connectivity index (χ1v) is 6.14. The van der Waals surface area contributed by atoms with Crippen LogP contribution in [0, 0.1) is 0 Å². The van der Waals surface area contributed by atoms with E-state index in [4.69, 9.17) is 4.74 Å². The minimum Gasteiger partial charge on any atom is -0.489 e. The van der Waals surface area contributed by atoms with Gasteiger partial charge in [0, 0.05) is 22.4 Å². The summed E-state index contributed by atoms with van der Waals surface area (Å²) in [6.07, 6.45) is -1.15. The first-order valence-electron chi connectivity index (χ1n) is 5.34. The summed E-state index contributed by atoms with van der Waals surface area (Å²) in [5.74, 6) is 0.176. The zero-order valence-corrected chi connectivity index (χ0v) is 11.2. The van der Waals surface area contributed by atoms with Crippen molar-refractivity contribution in [3.63, 3.8) is 0 Å². The third kappa shape index (κ3) is 3.96. The summed E-state index contributed by atoms with van der Waals surface area (Å²) >= 11 is 3.26. The Bertz CT molecular complexity index is 572. The van der Waals surface area contributed by atoms with Crippen molar-refractivity contribution in [3.8, 4) is 5.75 Å². The number of pyridine rings is 1. The summed E-state index contributed by atoms with van der Waals surface area (Å²) in [5, 5.41) is 0. The summed E-state index contributed by atoms with van der Waals surface area (Å²) in [4.78, 5) is 3.95. The van der Waals surface area contributed by atoms with Crippen molar-refractivity contribution in [2.45, 2.75) is 12.8 Å². The normalized spacial score (nSPS) is 11.4. The van der Waals surface area contributed by atoms with Gasteiger partial charge in [0.15, 0.2) is 0 Å². The molecule has 0 unspecified atom stereocenters. The van der Waals surface area contributed by atoms with Crippen molar-refractivity contribution in [2.24, 2.45) is 0 Å². The van der Waals surface area contributed by atoms with Gasteiger partial charge in [0.1, 0.15) is 12.4 Å². The lowest BCUT2D eigenvalue weighted by atomic mass is 10.2. The van der Waals surface area contributed by atoms with E-state index in [9.17, 15) is 13.2 Å². The Balaban J connectivity index is 2.08. The van der Waals surface area contributed by atoms with Crippen LogP contribution in [-0.4, -0.2) is 4.98 Å². The second kappa shape index (κ2) is 5.61. The summed E-state index contributed by atoms with van der Waals surface area (Å²) in [7, 11) is 0. The maximum Gasteiger partial charge on any atom is 0.416 e. The van der Waals surface area contributed by atoms with E-state index in [1.165, 1.54) is 12.1 Å². The molecule has 6 heteroatoms. The largest absolute Gasteiger partial charge is 0.489 e. The van der Waals surface area contributed by atoms with Crippen molar-refractivity contribution in [3.05, 3.63) is 58.3 Å². The second-order valence-corrected chi connectivity index (χ2v) is 4.74. The number of hydrogen-bond donors (Lipinski definition) is 0. The van der Waals surface area contributed by atoms with E-state index in [0.717, 1.165) is 22.2 Å². The molecule has 0 radical (unpaired) electrons. The molecular weight excluding hydrogens is 323 g/mol. The Morgan fingerprint density at radius 2 is 1.95 bits per heavy atom. The van der Waals surface area contributed by atoms with Gasteiger partial charge in [-0.05, 0) is 40.2 Å². The van der Waals surface area contributed by atoms with Crippen LogP contribution in [-0.2, 0) is 12.8 Å². The smallest absolute Gasteiger partial charge is 0.416 e. The molecule has 1 aromatic heterocycles. The Labute approximate surface area is 116 Å². The molecule has 0 amide bonds. The molecule has 1 aromatic carbocycles. The summed E-state index contributed by atoms with van der Waals surface area (Å²) in [6, 6.07) is 6.58. The molecule has 100 valence electrons. The van der Waals surface area contributed by atoms with Gasteiger partial charge in [0.05, 0.1) is 5.56 Å². The van der Waals surface area contributed by atoms with E-state index < -0.39 is 11.7 Å². The van der Waals surface area contributed by atoms with Crippen LogP contribution in [0.15, 0.2) is 47.2 Å². The Morgan fingerprint density at radius 3 is 2.63 bits per heavy atom. The van der Waals surface area contributed by atoms with E-state index in [1.807, 2.05) is 0 Å². The van der Waals surface area contributed by atoms with Crippen LogP contribution in [0.5, 0.6) is 5.75 Å². The highest BCUT2D eigenvalue weighted by Crippen LogP contribution is 2.31. The van der Waals surface area contributed by atoms with Gasteiger partial charge in [0.25, 0.3) is 0 Å². The molecule has 2 rings (SSSR count). The van der Waals surface area contributed by atoms with Gasteiger partial charge in [-0.1, -0.05) is 6.07 Å². The van der Waals surface area contributed by atoms with Gasteiger partial charge < -0.3 is 4.74 Å². The first-order chi connectivity index (χ1) is 8.95. The van der Waals surface area contributed by atoms with Crippen LogP contribution in [0.25, 0.3) is 0 Å². The second-order valence-electron chi connectivity index (χ2n) is 3.83. The standard InChI is InChI=1S/C13H9BrF3NO/c14-11-4-9(6-18-7-11)8-19-12-3-1-2-10(5-12)13(15,16)17/h1-7H,8H2. The van der Waals surface area contributed by atoms with Crippen LogP contribution in [0.4, 0.5) is 13.2 Å². The number of nitrogens with zero attached hydrogens (tertiary/aromatic N) is 1. The zero-order chi connectivity index (χ0) is 13.9. The molecule has 2 nitrogen and oxygen atoms in total. The molecule has 0 fully saturated rings. The number of aromatic nitrogens is 1. The molecule has 0 N–H and O–H groups in total. The number of hydrogen-bond acceptors (Lipinski definition) is 2. The predicted molar refractivity (Wildman–Crippen MR) is 67.7 cm³/mol. The van der Waals surface area contributed by atoms with Crippen LogP contribution >= 0.6 is 15.9 Å². The first kappa shape index (κ1) is 13.9. The molecule has 0 bridgehead atoms. The third-order valence-electron chi connectivity index (χ3n) is 2.33. The molecule has 0 spiro atoms. The number of rotatable bonds is 3. The van der Waals surface area contributed by atoms with Crippen LogP contribution < -0.4 is 4.74 Å². The number of alkyl halides is 3. The molecule has 1 heterocycles. The highest BCUT2D eigenvalue weighted by Gasteiger charge is 2.30. The van der Waals surface area contributed by atoms with Crippen LogP contribution in [0.3, 0.4) is 0 Å². The van der Waals surface area contributed by atoms with Crippen molar-refractivity contribution in [1.82, 2.24) is 4.98 Å². The molecule has 0 saturated heterocycles. The van der Waals surface area contributed by atoms with Gasteiger partial charge in [-0.15, -0.1) is 0 Å². The number of halogens is 4. The average molecular weight is 332 g/mol. The van der Waals surface area contributed by atoms with E-state index in [1.54, 1.807) is 18.5 Å². The fraction of sp³-hybridized carbons (Fsp3) is 0.154. The van der Waals surface area contributed by atoms with Crippen molar-refractivity contribution in [1.29, 1.82) is 0 Å². The SMILES string of the molecule is FC(F)(F)c1cccc(OCc2cncc(Br)c2)c1. The van der Waals surface area contributed by atoms with Crippen LogP contribution in [0.1, 0.15) is 11.1 Å². The molecule has 0 atom stereocenters. The van der Waals surface area contributed by atoms with Gasteiger partial charge >= 0.3 is 6.18 Å². The third-order valence-corrected chi connectivity index (χ3v) is 2.76. The topological polar surface area (TPSA) is 22.1 Å². The predicted octanol–water partition coefficient (Wildman–Crippen LogP) is 4.44. The lowest BCUT2D eigenvalue weighted by molar-refractivity contribution is -0.137. The van der Waals surface area contributed by atoms with E-state index in [-0.39, 0.29) is 12.4 Å². The molecule has 0 aliphatic rings. The van der Waals surface area contributed by atoms with Gasteiger partial charge in [0.2, 0.25) is 0 Å². The highest BCUT2D eigenvalue weighted by molar-refractivity contribution is 9.10. The highest BCUT2D eigenvalue weighted by atomic mass is 79.9. The number of ether oxygens (including phenoxy) is 1. The summed E-state index contributed by atoms with van der Waals surface area (Å²) in [6.45, 7) is 0.160. The molecule has 0 aliphatic carbocycles. The molecule has 0 aliphatic heterocycles. The fourth-order valence-electron chi connectivity index (χ4n) is 1.46. The monoisotopic (exact) mass is 331 g/mol. The van der Waals surface area contributed by atoms with Gasteiger partial charge in [-0.2, -0.15) is 13.2 Å². The van der Waals surface area contributed by atoms with Gasteiger partial charge in [-0.25, -0.2) is 0 Å². The fourth-order valence-corrected chi connectivity index (χ4v) is 1.88. The Morgan fingerprint density at radius 1 is 1.16 bits per heavy atom. The molecule has 19 heavy (non-hydrogen) atoms. The van der Waals surface area contributed by atoms with E-state index in [2.05, 4.69) is 20.9 Å². The molecular formula is C13H9BrF3NO. The van der Waals surface area contributed by atoms with E-state index in [0.29, 0.717) is 0 Å². The lowest BCUT2D eigenvalue weighted by Crippen LogP contribution is -2.05. The van der Waals surface area contributed by atoms with Crippen molar-refractivity contribution < 1.29 is 17.9 Å². The van der Waals surface area contributed by atoms with Crippen molar-refractivity contribution >= 4 is 15.9 Å². The zero-order valence-electron chi connectivity index (χ0n) is 9.62. The summed E-state index contributed by atoms with van der Waals surface area (Å²) in [5.41, 5.74) is 0.0455. The molecule has 0 saturated carbocycles.